The predicted molar refractivity (Wildman–Crippen MR) is 121 cm³/mol. The van der Waals surface area contributed by atoms with Crippen LogP contribution in [0.5, 0.6) is 0 Å². The van der Waals surface area contributed by atoms with Gasteiger partial charge in [-0.2, -0.15) is 5.10 Å². The van der Waals surface area contributed by atoms with Crippen molar-refractivity contribution >= 4 is 11.7 Å². The van der Waals surface area contributed by atoms with Gasteiger partial charge in [-0.15, -0.1) is 0 Å². The maximum atomic E-state index is 13.2. The van der Waals surface area contributed by atoms with Gasteiger partial charge in [0, 0.05) is 48.6 Å². The molecule has 5 rings (SSSR count). The lowest BCUT2D eigenvalue weighted by atomic mass is 9.67. The molecule has 1 N–H and O–H groups in total. The second-order valence-corrected chi connectivity index (χ2v) is 10.2. The minimum absolute atomic E-state index is 0.0385. The Morgan fingerprint density at radius 3 is 2.62 bits per heavy atom. The Hall–Kier alpha value is -3.22. The van der Waals surface area contributed by atoms with Crippen LogP contribution in [0.2, 0.25) is 0 Å². The van der Waals surface area contributed by atoms with Crippen LogP contribution in [0, 0.1) is 5.41 Å². The van der Waals surface area contributed by atoms with E-state index in [-0.39, 0.29) is 22.6 Å². The lowest BCUT2D eigenvalue weighted by Gasteiger charge is -2.43. The topological polar surface area (TPSA) is 83.9 Å². The second-order valence-electron chi connectivity index (χ2n) is 10.2. The molecule has 0 unspecified atom stereocenters. The SMILES string of the molecule is CC(C)(C)n1ncc2c1C(=O)CC1(CCN(C(=O)c3cccc(-c4ncc[nH]4)c3)CC1)C2. The minimum atomic E-state index is -0.215. The lowest BCUT2D eigenvalue weighted by molar-refractivity contribution is 0.0515. The second kappa shape index (κ2) is 7.43. The fourth-order valence-corrected chi connectivity index (χ4v) is 5.15. The van der Waals surface area contributed by atoms with Crippen molar-refractivity contribution in [3.05, 3.63) is 59.7 Å². The summed E-state index contributed by atoms with van der Waals surface area (Å²) in [7, 11) is 0. The molecule has 1 amide bonds. The highest BCUT2D eigenvalue weighted by atomic mass is 16.2. The highest BCUT2D eigenvalue weighted by molar-refractivity contribution is 5.98. The summed E-state index contributed by atoms with van der Waals surface area (Å²) in [6.07, 6.45) is 8.42. The summed E-state index contributed by atoms with van der Waals surface area (Å²) >= 11 is 0. The maximum Gasteiger partial charge on any atom is 0.253 e. The number of carbonyl (C=O) groups is 2. The largest absolute Gasteiger partial charge is 0.345 e. The van der Waals surface area contributed by atoms with Gasteiger partial charge in [0.05, 0.1) is 11.7 Å². The van der Waals surface area contributed by atoms with Crippen LogP contribution in [0.15, 0.2) is 42.9 Å². The van der Waals surface area contributed by atoms with Crippen LogP contribution < -0.4 is 0 Å². The Bertz CT molecular complexity index is 1160. The summed E-state index contributed by atoms with van der Waals surface area (Å²) < 4.78 is 1.88. The fraction of sp³-hybridized carbons (Fsp3) is 0.440. The van der Waals surface area contributed by atoms with Gasteiger partial charge in [-0.3, -0.25) is 14.3 Å². The van der Waals surface area contributed by atoms with Gasteiger partial charge in [-0.1, -0.05) is 12.1 Å². The molecule has 0 atom stereocenters. The number of piperidine rings is 1. The minimum Gasteiger partial charge on any atom is -0.345 e. The van der Waals surface area contributed by atoms with Gasteiger partial charge in [-0.05, 0) is 57.6 Å². The number of carbonyl (C=O) groups excluding carboxylic acids is 2. The van der Waals surface area contributed by atoms with Crippen molar-refractivity contribution < 1.29 is 9.59 Å². The van der Waals surface area contributed by atoms with Crippen LogP contribution in [-0.4, -0.2) is 49.4 Å². The molecule has 1 aliphatic heterocycles. The quantitative estimate of drug-likeness (QED) is 0.663. The Labute approximate surface area is 187 Å². The molecule has 1 aliphatic carbocycles. The van der Waals surface area contributed by atoms with Crippen molar-refractivity contribution in [3.8, 4) is 11.4 Å². The molecule has 0 bridgehead atoms. The predicted octanol–water partition coefficient (Wildman–Crippen LogP) is 4.08. The van der Waals surface area contributed by atoms with Crippen molar-refractivity contribution in [2.24, 2.45) is 5.41 Å². The van der Waals surface area contributed by atoms with Crippen LogP contribution in [0.1, 0.15) is 66.4 Å². The highest BCUT2D eigenvalue weighted by Crippen LogP contribution is 2.44. The van der Waals surface area contributed by atoms with Gasteiger partial charge in [0.1, 0.15) is 11.5 Å². The van der Waals surface area contributed by atoms with E-state index in [0.717, 1.165) is 41.9 Å². The van der Waals surface area contributed by atoms with E-state index >= 15 is 0 Å². The first-order valence-corrected chi connectivity index (χ1v) is 11.3. The van der Waals surface area contributed by atoms with Crippen molar-refractivity contribution in [1.82, 2.24) is 24.6 Å². The maximum absolute atomic E-state index is 13.2. The molecule has 32 heavy (non-hydrogen) atoms. The number of amides is 1. The van der Waals surface area contributed by atoms with E-state index in [9.17, 15) is 9.59 Å². The number of likely N-dealkylation sites (tertiary alicyclic amines) is 1. The first kappa shape index (κ1) is 20.7. The third kappa shape index (κ3) is 3.55. The van der Waals surface area contributed by atoms with E-state index in [1.165, 1.54) is 0 Å². The molecule has 1 spiro atoms. The molecule has 2 aromatic heterocycles. The van der Waals surface area contributed by atoms with Gasteiger partial charge in [0.25, 0.3) is 5.91 Å². The molecular formula is C25H29N5O2. The number of fused-ring (bicyclic) bond motifs is 1. The molecule has 0 radical (unpaired) electrons. The van der Waals surface area contributed by atoms with E-state index < -0.39 is 0 Å². The van der Waals surface area contributed by atoms with E-state index in [0.29, 0.717) is 25.1 Å². The Morgan fingerprint density at radius 1 is 1.16 bits per heavy atom. The summed E-state index contributed by atoms with van der Waals surface area (Å²) in [5.74, 6) is 0.978. The van der Waals surface area contributed by atoms with Crippen LogP contribution in [0.4, 0.5) is 0 Å². The number of nitrogens with zero attached hydrogens (tertiary/aromatic N) is 4. The zero-order valence-corrected chi connectivity index (χ0v) is 18.9. The monoisotopic (exact) mass is 431 g/mol. The smallest absolute Gasteiger partial charge is 0.253 e. The first-order chi connectivity index (χ1) is 15.3. The molecule has 3 heterocycles. The molecule has 1 aromatic carbocycles. The number of nitrogens with one attached hydrogen (secondary N) is 1. The van der Waals surface area contributed by atoms with E-state index in [1.807, 2.05) is 40.0 Å². The number of H-pyrrole nitrogens is 1. The third-order valence-corrected chi connectivity index (χ3v) is 6.84. The molecule has 166 valence electrons. The van der Waals surface area contributed by atoms with Gasteiger partial charge >= 0.3 is 0 Å². The standard InChI is InChI=1S/C25H29N5O2/c1-24(2,3)30-21-19(16-28-30)14-25(15-20(21)31)7-11-29(12-8-25)23(32)18-6-4-5-17(13-18)22-26-9-10-27-22/h4-6,9-10,13,16H,7-8,11-12,14-15H2,1-3H3,(H,26,27). The highest BCUT2D eigenvalue weighted by Gasteiger charge is 2.44. The van der Waals surface area contributed by atoms with Crippen molar-refractivity contribution in [3.63, 3.8) is 0 Å². The average molecular weight is 432 g/mol. The number of Topliss-reactive ketones (excluding diaryl/α,β-unsaturated/α-hetero) is 1. The molecular weight excluding hydrogens is 402 g/mol. The van der Waals surface area contributed by atoms with Gasteiger partial charge < -0.3 is 9.88 Å². The number of hydrogen-bond donors (Lipinski definition) is 1. The summed E-state index contributed by atoms with van der Waals surface area (Å²) in [5.41, 5.74) is 3.12. The van der Waals surface area contributed by atoms with Gasteiger partial charge in [0.2, 0.25) is 0 Å². The summed E-state index contributed by atoms with van der Waals surface area (Å²) in [4.78, 5) is 35.6. The number of benzene rings is 1. The first-order valence-electron chi connectivity index (χ1n) is 11.3. The number of aromatic nitrogens is 4. The van der Waals surface area contributed by atoms with Gasteiger partial charge in [0.15, 0.2) is 5.78 Å². The molecule has 3 aromatic rings. The van der Waals surface area contributed by atoms with Crippen LogP contribution >= 0.6 is 0 Å². The van der Waals surface area contributed by atoms with Gasteiger partial charge in [-0.25, -0.2) is 4.98 Å². The summed E-state index contributed by atoms with van der Waals surface area (Å²) in [5, 5.41) is 4.53. The number of aromatic amines is 1. The van der Waals surface area contributed by atoms with Crippen molar-refractivity contribution in [2.75, 3.05) is 13.1 Å². The zero-order valence-electron chi connectivity index (χ0n) is 18.9. The number of hydrogen-bond acceptors (Lipinski definition) is 4. The van der Waals surface area contributed by atoms with Crippen LogP contribution in [-0.2, 0) is 12.0 Å². The average Bonchev–Trinajstić information content (AvgIpc) is 3.44. The van der Waals surface area contributed by atoms with E-state index in [1.54, 1.807) is 12.4 Å². The molecule has 7 nitrogen and oxygen atoms in total. The van der Waals surface area contributed by atoms with E-state index in [2.05, 4.69) is 35.8 Å². The Balaban J connectivity index is 1.30. The molecule has 1 fully saturated rings. The van der Waals surface area contributed by atoms with Crippen molar-refractivity contribution in [1.29, 1.82) is 0 Å². The van der Waals surface area contributed by atoms with Crippen LogP contribution in [0.25, 0.3) is 11.4 Å². The number of rotatable bonds is 2. The van der Waals surface area contributed by atoms with Crippen molar-refractivity contribution in [2.45, 2.75) is 52.0 Å². The Kier molecular flexibility index (Phi) is 4.80. The Morgan fingerprint density at radius 2 is 1.94 bits per heavy atom. The summed E-state index contributed by atoms with van der Waals surface area (Å²) in [6, 6.07) is 7.59. The lowest BCUT2D eigenvalue weighted by Crippen LogP contribution is -2.46. The fourth-order valence-electron chi connectivity index (χ4n) is 5.15. The molecule has 2 aliphatic rings. The van der Waals surface area contributed by atoms with Crippen LogP contribution in [0.3, 0.4) is 0 Å². The summed E-state index contributed by atoms with van der Waals surface area (Å²) in [6.45, 7) is 7.55. The molecule has 7 heteroatoms. The number of imidazole rings is 1. The molecule has 0 saturated carbocycles. The molecule has 1 saturated heterocycles. The zero-order chi connectivity index (χ0) is 22.5. The third-order valence-electron chi connectivity index (χ3n) is 6.84. The van der Waals surface area contributed by atoms with E-state index in [4.69, 9.17) is 0 Å². The number of ketones is 1. The normalized spacial score (nSPS) is 18.1.